The molecule has 34 heavy (non-hydrogen) atoms. The number of nitrogens with one attached hydrogen (secondary N) is 1. The number of piperidine rings is 1. The van der Waals surface area contributed by atoms with Crippen LogP contribution in [-0.4, -0.2) is 63.9 Å². The molecule has 1 spiro atoms. The van der Waals surface area contributed by atoms with Gasteiger partial charge in [0.15, 0.2) is 5.82 Å². The molecule has 0 atom stereocenters. The first kappa shape index (κ1) is 23.2. The van der Waals surface area contributed by atoms with Gasteiger partial charge in [-0.2, -0.15) is 4.68 Å². The molecule has 2 aromatic rings. The Hall–Kier alpha value is -2.51. The van der Waals surface area contributed by atoms with Gasteiger partial charge in [0.05, 0.1) is 0 Å². The van der Waals surface area contributed by atoms with E-state index in [4.69, 9.17) is 11.6 Å². The van der Waals surface area contributed by atoms with Crippen LogP contribution in [-0.2, 0) is 6.54 Å². The van der Waals surface area contributed by atoms with Gasteiger partial charge in [-0.1, -0.05) is 18.2 Å². The van der Waals surface area contributed by atoms with Gasteiger partial charge < -0.3 is 15.1 Å². The first-order chi connectivity index (χ1) is 16.4. The monoisotopic (exact) mass is 482 g/mol. The molecule has 4 heterocycles. The zero-order valence-corrected chi connectivity index (χ0v) is 20.9. The molecule has 3 saturated heterocycles. The maximum Gasteiger partial charge on any atom is 0.344 e. The van der Waals surface area contributed by atoms with Crippen molar-refractivity contribution in [3.05, 3.63) is 53.3 Å². The molecule has 3 fully saturated rings. The lowest BCUT2D eigenvalue weighted by atomic mass is 9.85. The molecular formula is C26H35ClN6O. The average molecular weight is 483 g/mol. The van der Waals surface area contributed by atoms with Crippen molar-refractivity contribution in [3.63, 3.8) is 0 Å². The number of benzene rings is 1. The predicted octanol–water partition coefficient (Wildman–Crippen LogP) is 5.18. The summed E-state index contributed by atoms with van der Waals surface area (Å²) in [6.07, 6.45) is 8.64. The van der Waals surface area contributed by atoms with Crippen LogP contribution in [0.3, 0.4) is 0 Å². The Morgan fingerprint density at radius 2 is 1.85 bits per heavy atom. The summed E-state index contributed by atoms with van der Waals surface area (Å²) in [6, 6.07) is 8.31. The Kier molecular flexibility index (Phi) is 6.58. The molecule has 0 saturated carbocycles. The molecule has 0 radical (unpaired) electrons. The van der Waals surface area contributed by atoms with Crippen molar-refractivity contribution in [2.24, 2.45) is 0 Å². The number of anilines is 2. The quantitative estimate of drug-likeness (QED) is 0.636. The van der Waals surface area contributed by atoms with Crippen molar-refractivity contribution in [2.45, 2.75) is 57.5 Å². The highest BCUT2D eigenvalue weighted by atomic mass is 35.5. The van der Waals surface area contributed by atoms with Gasteiger partial charge in [-0.05, 0) is 75.8 Å². The molecule has 0 aliphatic carbocycles. The van der Waals surface area contributed by atoms with E-state index >= 15 is 0 Å². The van der Waals surface area contributed by atoms with Gasteiger partial charge in [0.25, 0.3) is 0 Å². The average Bonchev–Trinajstić information content (AvgIpc) is 3.56. The van der Waals surface area contributed by atoms with Crippen molar-refractivity contribution in [2.75, 3.05) is 42.9 Å². The minimum Gasteiger partial charge on any atom is -0.371 e. The van der Waals surface area contributed by atoms with E-state index in [2.05, 4.69) is 45.0 Å². The summed E-state index contributed by atoms with van der Waals surface area (Å²) in [5, 5.41) is 8.25. The number of likely N-dealkylation sites (tertiary alicyclic amines) is 2. The van der Waals surface area contributed by atoms with Crippen LogP contribution in [0.5, 0.6) is 0 Å². The highest BCUT2D eigenvalue weighted by Gasteiger charge is 2.43. The van der Waals surface area contributed by atoms with Gasteiger partial charge in [0, 0.05) is 66.9 Å². The number of amides is 1. The van der Waals surface area contributed by atoms with E-state index < -0.39 is 0 Å². The maximum atomic E-state index is 13.0. The summed E-state index contributed by atoms with van der Waals surface area (Å²) >= 11 is 6.53. The van der Waals surface area contributed by atoms with Crippen LogP contribution >= 0.6 is 11.6 Å². The number of aromatic nitrogens is 2. The zero-order chi connectivity index (χ0) is 23.7. The fourth-order valence-electron chi connectivity index (χ4n) is 5.89. The number of carbonyl (C=O) groups excluding carboxylic acids is 1. The van der Waals surface area contributed by atoms with Crippen molar-refractivity contribution in [1.29, 1.82) is 0 Å². The molecule has 0 unspecified atom stereocenters. The van der Waals surface area contributed by atoms with Crippen LogP contribution in [0, 0.1) is 0 Å². The Bertz CT molecular complexity index is 1050. The largest absolute Gasteiger partial charge is 0.371 e. The molecule has 1 amide bonds. The minimum absolute atomic E-state index is 0.0562. The Labute approximate surface area is 207 Å². The molecule has 1 N–H and O–H groups in total. The van der Waals surface area contributed by atoms with Gasteiger partial charge in [-0.25, -0.2) is 4.79 Å². The molecule has 1 aromatic heterocycles. The van der Waals surface area contributed by atoms with E-state index in [-0.39, 0.29) is 11.6 Å². The molecule has 0 bridgehead atoms. The predicted molar refractivity (Wildman–Crippen MR) is 138 cm³/mol. The van der Waals surface area contributed by atoms with Gasteiger partial charge in [-0.15, -0.1) is 5.10 Å². The van der Waals surface area contributed by atoms with E-state index in [9.17, 15) is 4.79 Å². The number of hydrogen-bond donors (Lipinski definition) is 1. The summed E-state index contributed by atoms with van der Waals surface area (Å²) in [4.78, 5) is 20.1. The number of nitrogens with zero attached hydrogens (tertiary/aromatic N) is 5. The van der Waals surface area contributed by atoms with Crippen LogP contribution in [0.4, 0.5) is 16.3 Å². The number of allylic oxidation sites excluding steroid dienone is 1. The van der Waals surface area contributed by atoms with Crippen LogP contribution in [0.2, 0.25) is 5.02 Å². The SMILES string of the molecule is C=C(C)Nc1ccn(C(=O)N2CCC3(CCCN3Cc3cc(Cl)cc(N4CCCC4)c3)CC2)n1. The second-order valence-electron chi connectivity index (χ2n) is 10.1. The molecule has 7 nitrogen and oxygen atoms in total. The van der Waals surface area contributed by atoms with Crippen molar-refractivity contribution < 1.29 is 4.79 Å². The van der Waals surface area contributed by atoms with Crippen molar-refractivity contribution >= 4 is 29.1 Å². The maximum absolute atomic E-state index is 13.0. The summed E-state index contributed by atoms with van der Waals surface area (Å²) < 4.78 is 1.43. The van der Waals surface area contributed by atoms with Crippen LogP contribution in [0.15, 0.2) is 42.7 Å². The minimum atomic E-state index is -0.0562. The fraction of sp³-hybridized carbons (Fsp3) is 0.538. The number of carbonyl (C=O) groups is 1. The Morgan fingerprint density at radius 1 is 1.09 bits per heavy atom. The Balaban J connectivity index is 1.23. The first-order valence-corrected chi connectivity index (χ1v) is 12.9. The second-order valence-corrected chi connectivity index (χ2v) is 10.5. The van der Waals surface area contributed by atoms with E-state index in [1.165, 1.54) is 41.6 Å². The molecule has 3 aliphatic heterocycles. The number of hydrogen-bond acceptors (Lipinski definition) is 5. The van der Waals surface area contributed by atoms with Crippen molar-refractivity contribution in [3.8, 4) is 0 Å². The molecule has 5 rings (SSSR count). The third-order valence-electron chi connectivity index (χ3n) is 7.62. The second kappa shape index (κ2) is 9.62. The van der Waals surface area contributed by atoms with E-state index in [0.29, 0.717) is 5.82 Å². The molecule has 8 heteroatoms. The zero-order valence-electron chi connectivity index (χ0n) is 20.1. The molecule has 182 valence electrons. The van der Waals surface area contributed by atoms with Crippen molar-refractivity contribution in [1.82, 2.24) is 19.6 Å². The van der Waals surface area contributed by atoms with E-state index in [1.807, 2.05) is 11.8 Å². The lowest BCUT2D eigenvalue weighted by Crippen LogP contribution is -2.53. The Morgan fingerprint density at radius 3 is 2.59 bits per heavy atom. The lowest BCUT2D eigenvalue weighted by Gasteiger charge is -2.45. The third-order valence-corrected chi connectivity index (χ3v) is 7.84. The van der Waals surface area contributed by atoms with Crippen LogP contribution < -0.4 is 10.2 Å². The summed E-state index contributed by atoms with van der Waals surface area (Å²) in [6.45, 7) is 11.5. The van der Waals surface area contributed by atoms with E-state index in [0.717, 1.165) is 62.8 Å². The number of rotatable bonds is 5. The molecular weight excluding hydrogens is 448 g/mol. The standard InChI is InChI=1S/C26H35ClN6O/c1-20(2)28-24-6-13-33(29-24)25(34)31-14-8-26(9-15-31)7-5-12-32(26)19-21-16-22(27)18-23(17-21)30-10-3-4-11-30/h6,13,16-18H,1,3-5,7-12,14-15,19H2,2H3,(H,28,29). The molecule has 1 aromatic carbocycles. The summed E-state index contributed by atoms with van der Waals surface area (Å²) in [5.74, 6) is 0.645. The first-order valence-electron chi connectivity index (χ1n) is 12.5. The summed E-state index contributed by atoms with van der Waals surface area (Å²) in [5.41, 5.74) is 3.52. The van der Waals surface area contributed by atoms with Gasteiger partial charge >= 0.3 is 6.03 Å². The third kappa shape index (κ3) is 4.82. The van der Waals surface area contributed by atoms with Gasteiger partial charge in [0.2, 0.25) is 0 Å². The van der Waals surface area contributed by atoms with Crippen LogP contribution in [0.25, 0.3) is 0 Å². The van der Waals surface area contributed by atoms with Gasteiger partial charge in [-0.3, -0.25) is 4.90 Å². The normalized spacial score (nSPS) is 20.3. The summed E-state index contributed by atoms with van der Waals surface area (Å²) in [7, 11) is 0. The highest BCUT2D eigenvalue weighted by Crippen LogP contribution is 2.40. The highest BCUT2D eigenvalue weighted by molar-refractivity contribution is 6.30. The number of halogens is 1. The smallest absolute Gasteiger partial charge is 0.344 e. The van der Waals surface area contributed by atoms with Gasteiger partial charge in [0.1, 0.15) is 0 Å². The van der Waals surface area contributed by atoms with Crippen LogP contribution in [0.1, 0.15) is 51.0 Å². The lowest BCUT2D eigenvalue weighted by molar-refractivity contribution is 0.0585. The fourth-order valence-corrected chi connectivity index (χ4v) is 6.14. The van der Waals surface area contributed by atoms with E-state index in [1.54, 1.807) is 12.3 Å². The molecule has 3 aliphatic rings. The topological polar surface area (TPSA) is 56.6 Å².